The van der Waals surface area contributed by atoms with Gasteiger partial charge in [0, 0.05) is 25.1 Å². The molecule has 0 aromatic heterocycles. The molecular formula is C18H26N2O3. The molecule has 0 bridgehead atoms. The lowest BCUT2D eigenvalue weighted by Gasteiger charge is -2.14. The van der Waals surface area contributed by atoms with Crippen molar-refractivity contribution >= 4 is 6.03 Å². The number of carbonyl (C=O) groups excluding carboxylic acids is 1. The Morgan fingerprint density at radius 2 is 2.04 bits per heavy atom. The number of aryl methyl sites for hydroxylation is 2. The molecule has 0 spiro atoms. The normalized spacial score (nSPS) is 19.6. The van der Waals surface area contributed by atoms with Crippen molar-refractivity contribution < 1.29 is 14.6 Å². The summed E-state index contributed by atoms with van der Waals surface area (Å²) in [6.45, 7) is 5.33. The van der Waals surface area contributed by atoms with E-state index in [0.29, 0.717) is 13.2 Å². The third-order valence-electron chi connectivity index (χ3n) is 3.99. The van der Waals surface area contributed by atoms with Gasteiger partial charge in [0.1, 0.15) is 5.75 Å². The average Bonchev–Trinajstić information content (AvgIpc) is 2.97. The molecule has 0 unspecified atom stereocenters. The van der Waals surface area contributed by atoms with Crippen LogP contribution < -0.4 is 15.4 Å². The van der Waals surface area contributed by atoms with Crippen molar-refractivity contribution in [3.8, 4) is 5.75 Å². The SMILES string of the molecule is Cc1cccc(C)c1OCCCNC(=O)N[C@@H]1C=C[C@H](CO)C1. The predicted octanol–water partition coefficient (Wildman–Crippen LogP) is 2.31. The Kier molecular flexibility index (Phi) is 6.47. The van der Waals surface area contributed by atoms with E-state index in [1.165, 1.54) is 0 Å². The molecule has 126 valence electrons. The number of amides is 2. The molecule has 1 aromatic rings. The van der Waals surface area contributed by atoms with Gasteiger partial charge in [0.2, 0.25) is 0 Å². The topological polar surface area (TPSA) is 70.6 Å². The third-order valence-corrected chi connectivity index (χ3v) is 3.99. The Labute approximate surface area is 137 Å². The van der Waals surface area contributed by atoms with Gasteiger partial charge in [0.15, 0.2) is 0 Å². The van der Waals surface area contributed by atoms with Gasteiger partial charge in [-0.05, 0) is 37.8 Å². The molecule has 0 radical (unpaired) electrons. The third kappa shape index (κ3) is 5.28. The van der Waals surface area contributed by atoms with Crippen LogP contribution in [0.5, 0.6) is 5.75 Å². The molecule has 5 heteroatoms. The van der Waals surface area contributed by atoms with E-state index in [1.54, 1.807) is 0 Å². The number of aliphatic hydroxyl groups excluding tert-OH is 1. The minimum absolute atomic E-state index is 0.0121. The largest absolute Gasteiger partial charge is 0.493 e. The van der Waals surface area contributed by atoms with Gasteiger partial charge in [-0.3, -0.25) is 0 Å². The molecule has 1 aliphatic rings. The van der Waals surface area contributed by atoms with Gasteiger partial charge in [-0.15, -0.1) is 0 Å². The maximum atomic E-state index is 11.8. The van der Waals surface area contributed by atoms with E-state index in [0.717, 1.165) is 29.7 Å². The molecule has 23 heavy (non-hydrogen) atoms. The van der Waals surface area contributed by atoms with Crippen LogP contribution in [-0.4, -0.2) is 36.9 Å². The molecule has 2 atom stereocenters. The second-order valence-corrected chi connectivity index (χ2v) is 5.99. The van der Waals surface area contributed by atoms with Gasteiger partial charge < -0.3 is 20.5 Å². The van der Waals surface area contributed by atoms with Crippen LogP contribution in [0, 0.1) is 19.8 Å². The molecule has 0 saturated heterocycles. The predicted molar refractivity (Wildman–Crippen MR) is 90.7 cm³/mol. The van der Waals surface area contributed by atoms with Crippen LogP contribution in [0.3, 0.4) is 0 Å². The van der Waals surface area contributed by atoms with E-state index in [9.17, 15) is 4.79 Å². The van der Waals surface area contributed by atoms with Crippen LogP contribution >= 0.6 is 0 Å². The maximum absolute atomic E-state index is 11.8. The van der Waals surface area contributed by atoms with Crippen molar-refractivity contribution in [2.24, 2.45) is 5.92 Å². The number of hydrogen-bond acceptors (Lipinski definition) is 3. The number of para-hydroxylation sites is 1. The van der Waals surface area contributed by atoms with E-state index >= 15 is 0 Å². The first kappa shape index (κ1) is 17.3. The zero-order valence-corrected chi connectivity index (χ0v) is 13.8. The molecular weight excluding hydrogens is 292 g/mol. The minimum atomic E-state index is -0.176. The fraction of sp³-hybridized carbons (Fsp3) is 0.500. The summed E-state index contributed by atoms with van der Waals surface area (Å²) in [5.41, 5.74) is 2.25. The zero-order valence-electron chi connectivity index (χ0n) is 13.8. The molecule has 0 fully saturated rings. The number of aliphatic hydroxyl groups is 1. The summed E-state index contributed by atoms with van der Waals surface area (Å²) in [6, 6.07) is 5.91. The first-order valence-corrected chi connectivity index (χ1v) is 8.12. The molecule has 0 heterocycles. The summed E-state index contributed by atoms with van der Waals surface area (Å²) in [4.78, 5) is 11.8. The summed E-state index contributed by atoms with van der Waals surface area (Å²) >= 11 is 0. The molecule has 5 nitrogen and oxygen atoms in total. The van der Waals surface area contributed by atoms with Crippen molar-refractivity contribution in [3.63, 3.8) is 0 Å². The second kappa shape index (κ2) is 8.58. The van der Waals surface area contributed by atoms with Crippen LogP contribution in [0.25, 0.3) is 0 Å². The molecule has 2 amide bonds. The summed E-state index contributed by atoms with van der Waals surface area (Å²) < 4.78 is 5.80. The standard InChI is InChI=1S/C18H26N2O3/c1-13-5-3-6-14(2)17(13)23-10-4-9-19-18(22)20-16-8-7-15(11-16)12-21/h3,5-8,15-16,21H,4,9-12H2,1-2H3,(H2,19,20,22)/t15-,16+/m0/s1. The van der Waals surface area contributed by atoms with Crippen LogP contribution in [0.1, 0.15) is 24.0 Å². The van der Waals surface area contributed by atoms with Crippen molar-refractivity contribution in [2.75, 3.05) is 19.8 Å². The first-order valence-electron chi connectivity index (χ1n) is 8.12. The smallest absolute Gasteiger partial charge is 0.315 e. The number of urea groups is 1. The summed E-state index contributed by atoms with van der Waals surface area (Å²) in [5.74, 6) is 1.09. The lowest BCUT2D eigenvalue weighted by Crippen LogP contribution is -2.41. The number of rotatable bonds is 7. The maximum Gasteiger partial charge on any atom is 0.315 e. The molecule has 0 saturated carbocycles. The number of carbonyl (C=O) groups is 1. The quantitative estimate of drug-likeness (QED) is 0.534. The minimum Gasteiger partial charge on any atom is -0.493 e. The van der Waals surface area contributed by atoms with E-state index in [4.69, 9.17) is 9.84 Å². The highest BCUT2D eigenvalue weighted by Gasteiger charge is 2.19. The van der Waals surface area contributed by atoms with E-state index in [-0.39, 0.29) is 24.6 Å². The van der Waals surface area contributed by atoms with Gasteiger partial charge in [0.05, 0.1) is 6.61 Å². The van der Waals surface area contributed by atoms with Gasteiger partial charge in [-0.1, -0.05) is 30.4 Å². The highest BCUT2D eigenvalue weighted by molar-refractivity contribution is 5.74. The van der Waals surface area contributed by atoms with E-state index in [1.807, 2.05) is 44.2 Å². The highest BCUT2D eigenvalue weighted by Crippen LogP contribution is 2.22. The van der Waals surface area contributed by atoms with Gasteiger partial charge >= 0.3 is 6.03 Å². The van der Waals surface area contributed by atoms with Crippen molar-refractivity contribution in [2.45, 2.75) is 32.7 Å². The Morgan fingerprint density at radius 3 is 2.70 bits per heavy atom. The van der Waals surface area contributed by atoms with Gasteiger partial charge in [-0.25, -0.2) is 4.79 Å². The Morgan fingerprint density at radius 1 is 1.30 bits per heavy atom. The Balaban J connectivity index is 1.60. The first-order chi connectivity index (χ1) is 11.1. The second-order valence-electron chi connectivity index (χ2n) is 5.99. The van der Waals surface area contributed by atoms with E-state index in [2.05, 4.69) is 10.6 Å². The van der Waals surface area contributed by atoms with E-state index < -0.39 is 0 Å². The highest BCUT2D eigenvalue weighted by atomic mass is 16.5. The average molecular weight is 318 g/mol. The Bertz CT molecular complexity index is 537. The van der Waals surface area contributed by atoms with Crippen molar-refractivity contribution in [3.05, 3.63) is 41.5 Å². The lowest BCUT2D eigenvalue weighted by molar-refractivity contribution is 0.230. The number of hydrogen-bond donors (Lipinski definition) is 3. The molecule has 0 aliphatic heterocycles. The summed E-state index contributed by atoms with van der Waals surface area (Å²) in [5, 5.41) is 14.8. The van der Waals surface area contributed by atoms with Crippen molar-refractivity contribution in [1.29, 1.82) is 0 Å². The Hall–Kier alpha value is -2.01. The van der Waals surface area contributed by atoms with Crippen LogP contribution in [0.2, 0.25) is 0 Å². The lowest BCUT2D eigenvalue weighted by atomic mass is 10.1. The number of ether oxygens (including phenoxy) is 1. The van der Waals surface area contributed by atoms with Gasteiger partial charge in [0.25, 0.3) is 0 Å². The molecule has 1 aliphatic carbocycles. The van der Waals surface area contributed by atoms with Gasteiger partial charge in [-0.2, -0.15) is 0 Å². The fourth-order valence-electron chi connectivity index (χ4n) is 2.71. The van der Waals surface area contributed by atoms with Crippen LogP contribution in [0.4, 0.5) is 4.79 Å². The summed E-state index contributed by atoms with van der Waals surface area (Å²) in [7, 11) is 0. The molecule has 1 aromatic carbocycles. The number of nitrogens with one attached hydrogen (secondary N) is 2. The molecule has 2 rings (SSSR count). The van der Waals surface area contributed by atoms with Crippen LogP contribution in [0.15, 0.2) is 30.4 Å². The fourth-order valence-corrected chi connectivity index (χ4v) is 2.71. The summed E-state index contributed by atoms with van der Waals surface area (Å²) in [6.07, 6.45) is 5.40. The molecule has 3 N–H and O–H groups in total. The van der Waals surface area contributed by atoms with Crippen LogP contribution in [-0.2, 0) is 0 Å². The number of benzene rings is 1. The van der Waals surface area contributed by atoms with Crippen molar-refractivity contribution in [1.82, 2.24) is 10.6 Å². The zero-order chi connectivity index (χ0) is 16.7. The monoisotopic (exact) mass is 318 g/mol.